The summed E-state index contributed by atoms with van der Waals surface area (Å²) in [5.74, 6) is 0.485. The van der Waals surface area contributed by atoms with Crippen LogP contribution in [0, 0.1) is 0 Å². The summed E-state index contributed by atoms with van der Waals surface area (Å²) in [6, 6.07) is 0. The highest BCUT2D eigenvalue weighted by Crippen LogP contribution is 2.36. The fourth-order valence-corrected chi connectivity index (χ4v) is 3.25. The van der Waals surface area contributed by atoms with E-state index in [9.17, 15) is 13.2 Å². The first-order chi connectivity index (χ1) is 6.93. The average molecular weight is 277 g/mol. The maximum absolute atomic E-state index is 12.2. The minimum absolute atomic E-state index is 0.150. The lowest BCUT2D eigenvalue weighted by atomic mass is 10.4. The standard InChI is InChI=1S/C7H8ClF3N2S2/c1-4(2-3-8)14-6-13-12-5(15-6)7(9,10)11/h4H,2-3H2,1H3. The molecule has 0 bridgehead atoms. The summed E-state index contributed by atoms with van der Waals surface area (Å²) in [5.41, 5.74) is 0. The molecule has 0 radical (unpaired) electrons. The predicted molar refractivity (Wildman–Crippen MR) is 55.6 cm³/mol. The van der Waals surface area contributed by atoms with Gasteiger partial charge in [0.25, 0.3) is 0 Å². The Bertz CT molecular complexity index is 315. The summed E-state index contributed by atoms with van der Waals surface area (Å²) in [7, 11) is 0. The van der Waals surface area contributed by atoms with Gasteiger partial charge in [0.1, 0.15) is 0 Å². The highest BCUT2D eigenvalue weighted by atomic mass is 35.5. The van der Waals surface area contributed by atoms with E-state index >= 15 is 0 Å². The molecule has 1 rings (SSSR count). The van der Waals surface area contributed by atoms with Crippen LogP contribution in [0.25, 0.3) is 0 Å². The van der Waals surface area contributed by atoms with E-state index in [1.54, 1.807) is 0 Å². The van der Waals surface area contributed by atoms with Gasteiger partial charge in [-0.3, -0.25) is 0 Å². The second kappa shape index (κ2) is 5.36. The topological polar surface area (TPSA) is 25.8 Å². The third-order valence-corrected chi connectivity index (χ3v) is 3.91. The van der Waals surface area contributed by atoms with E-state index in [1.165, 1.54) is 11.8 Å². The normalized spacial score (nSPS) is 14.2. The Labute approximate surface area is 98.2 Å². The molecule has 0 aliphatic carbocycles. The molecule has 15 heavy (non-hydrogen) atoms. The summed E-state index contributed by atoms with van der Waals surface area (Å²) in [4.78, 5) is 0. The zero-order valence-corrected chi connectivity index (χ0v) is 10.1. The molecule has 0 aliphatic rings. The van der Waals surface area contributed by atoms with Crippen molar-refractivity contribution in [1.29, 1.82) is 0 Å². The van der Waals surface area contributed by atoms with E-state index in [-0.39, 0.29) is 5.25 Å². The van der Waals surface area contributed by atoms with Gasteiger partial charge in [-0.15, -0.1) is 21.8 Å². The Balaban J connectivity index is 2.61. The Morgan fingerprint density at radius 3 is 2.60 bits per heavy atom. The largest absolute Gasteiger partial charge is 0.445 e. The minimum atomic E-state index is -4.40. The Morgan fingerprint density at radius 1 is 1.47 bits per heavy atom. The molecule has 86 valence electrons. The van der Waals surface area contributed by atoms with Crippen molar-refractivity contribution in [3.63, 3.8) is 0 Å². The van der Waals surface area contributed by atoms with Crippen LogP contribution in [-0.2, 0) is 6.18 Å². The molecule has 0 amide bonds. The molecule has 0 spiro atoms. The molecule has 1 aromatic heterocycles. The molecular weight excluding hydrogens is 269 g/mol. The van der Waals surface area contributed by atoms with Gasteiger partial charge in [-0.05, 0) is 6.42 Å². The molecule has 0 aromatic carbocycles. The van der Waals surface area contributed by atoms with Crippen LogP contribution >= 0.6 is 34.7 Å². The number of hydrogen-bond acceptors (Lipinski definition) is 4. The van der Waals surface area contributed by atoms with Crippen molar-refractivity contribution in [2.24, 2.45) is 0 Å². The third kappa shape index (κ3) is 4.16. The second-order valence-electron chi connectivity index (χ2n) is 2.78. The van der Waals surface area contributed by atoms with E-state index in [0.29, 0.717) is 21.6 Å². The maximum atomic E-state index is 12.2. The summed E-state index contributed by atoms with van der Waals surface area (Å²) in [5, 5.41) is 5.81. The average Bonchev–Trinajstić information content (AvgIpc) is 2.52. The Hall–Kier alpha value is -0.0100. The fraction of sp³-hybridized carbons (Fsp3) is 0.714. The number of halogens is 4. The molecular formula is C7H8ClF3N2S2. The molecule has 0 aliphatic heterocycles. The number of thioether (sulfide) groups is 1. The molecule has 0 saturated carbocycles. The van der Waals surface area contributed by atoms with Crippen LogP contribution in [0.15, 0.2) is 4.34 Å². The van der Waals surface area contributed by atoms with Gasteiger partial charge < -0.3 is 0 Å². The zero-order chi connectivity index (χ0) is 11.5. The molecule has 1 heterocycles. The van der Waals surface area contributed by atoms with E-state index in [0.717, 1.165) is 6.42 Å². The van der Waals surface area contributed by atoms with Crippen LogP contribution in [0.1, 0.15) is 18.4 Å². The number of hydrogen-bond donors (Lipinski definition) is 0. The first-order valence-electron chi connectivity index (χ1n) is 4.07. The van der Waals surface area contributed by atoms with Crippen LogP contribution in [0.4, 0.5) is 13.2 Å². The zero-order valence-electron chi connectivity index (χ0n) is 7.71. The van der Waals surface area contributed by atoms with Crippen molar-refractivity contribution < 1.29 is 13.2 Å². The molecule has 8 heteroatoms. The van der Waals surface area contributed by atoms with E-state index in [1.807, 2.05) is 6.92 Å². The van der Waals surface area contributed by atoms with Crippen LogP contribution in [-0.4, -0.2) is 21.3 Å². The lowest BCUT2D eigenvalue weighted by molar-refractivity contribution is -0.138. The first kappa shape index (κ1) is 13.1. The van der Waals surface area contributed by atoms with Gasteiger partial charge in [0.15, 0.2) is 4.34 Å². The molecule has 1 unspecified atom stereocenters. The van der Waals surface area contributed by atoms with E-state index in [2.05, 4.69) is 10.2 Å². The summed E-state index contributed by atoms with van der Waals surface area (Å²) >= 11 is 7.35. The summed E-state index contributed by atoms with van der Waals surface area (Å²) in [6.45, 7) is 1.89. The van der Waals surface area contributed by atoms with Gasteiger partial charge in [0.05, 0.1) is 0 Å². The van der Waals surface area contributed by atoms with Crippen LogP contribution < -0.4 is 0 Å². The molecule has 0 saturated heterocycles. The second-order valence-corrected chi connectivity index (χ2v) is 5.82. The van der Waals surface area contributed by atoms with Crippen molar-refractivity contribution in [3.8, 4) is 0 Å². The van der Waals surface area contributed by atoms with Gasteiger partial charge in [-0.1, -0.05) is 30.0 Å². The number of rotatable bonds is 4. The van der Waals surface area contributed by atoms with E-state index in [4.69, 9.17) is 11.6 Å². The van der Waals surface area contributed by atoms with Crippen molar-refractivity contribution in [2.45, 2.75) is 29.1 Å². The quantitative estimate of drug-likeness (QED) is 0.620. The predicted octanol–water partition coefficient (Wildman–Crippen LogP) is 3.67. The molecule has 2 nitrogen and oxygen atoms in total. The number of aromatic nitrogens is 2. The van der Waals surface area contributed by atoms with Gasteiger partial charge in [0, 0.05) is 11.1 Å². The van der Waals surface area contributed by atoms with E-state index < -0.39 is 11.2 Å². The van der Waals surface area contributed by atoms with Crippen molar-refractivity contribution in [2.75, 3.05) is 5.88 Å². The first-order valence-corrected chi connectivity index (χ1v) is 6.30. The molecule has 1 aromatic rings. The summed E-state index contributed by atoms with van der Waals surface area (Å²) < 4.78 is 36.8. The smallest absolute Gasteiger partial charge is 0.164 e. The van der Waals surface area contributed by atoms with Crippen LogP contribution in [0.2, 0.25) is 0 Å². The van der Waals surface area contributed by atoms with Crippen LogP contribution in [0.5, 0.6) is 0 Å². The lowest BCUT2D eigenvalue weighted by Gasteiger charge is -2.04. The van der Waals surface area contributed by atoms with Crippen molar-refractivity contribution in [3.05, 3.63) is 5.01 Å². The monoisotopic (exact) mass is 276 g/mol. The van der Waals surface area contributed by atoms with Crippen molar-refractivity contribution in [1.82, 2.24) is 10.2 Å². The Morgan fingerprint density at radius 2 is 2.13 bits per heavy atom. The highest BCUT2D eigenvalue weighted by Gasteiger charge is 2.35. The molecule has 0 fully saturated rings. The van der Waals surface area contributed by atoms with Gasteiger partial charge in [-0.25, -0.2) is 0 Å². The third-order valence-electron chi connectivity index (χ3n) is 1.47. The van der Waals surface area contributed by atoms with Gasteiger partial charge >= 0.3 is 6.18 Å². The molecule has 1 atom stereocenters. The highest BCUT2D eigenvalue weighted by molar-refractivity contribution is 8.01. The van der Waals surface area contributed by atoms with Gasteiger partial charge in [-0.2, -0.15) is 13.2 Å². The SMILES string of the molecule is CC(CCCl)Sc1nnc(C(F)(F)F)s1. The van der Waals surface area contributed by atoms with Crippen molar-refractivity contribution >= 4 is 34.7 Å². The van der Waals surface area contributed by atoms with Crippen LogP contribution in [0.3, 0.4) is 0 Å². The number of alkyl halides is 4. The number of nitrogens with zero attached hydrogens (tertiary/aromatic N) is 2. The maximum Gasteiger partial charge on any atom is 0.445 e. The minimum Gasteiger partial charge on any atom is -0.164 e. The Kier molecular flexibility index (Phi) is 4.66. The molecule has 0 N–H and O–H groups in total. The lowest BCUT2D eigenvalue weighted by Crippen LogP contribution is -2.03. The summed E-state index contributed by atoms with van der Waals surface area (Å²) in [6.07, 6.45) is -3.67. The van der Waals surface area contributed by atoms with Gasteiger partial charge in [0.2, 0.25) is 5.01 Å². The fourth-order valence-electron chi connectivity index (χ4n) is 0.757.